The third-order valence-electron chi connectivity index (χ3n) is 4.86. The zero-order chi connectivity index (χ0) is 18.1. The normalized spacial score (nSPS) is 25.0. The number of carbonyl (C=O) groups is 1. The molecule has 2 aromatic rings. The van der Waals surface area contributed by atoms with Gasteiger partial charge in [-0.1, -0.05) is 0 Å². The fraction of sp³-hybridized carbons (Fsp3) is 0.556. The molecule has 2 saturated heterocycles. The van der Waals surface area contributed by atoms with Crippen LogP contribution in [-0.2, 0) is 27.9 Å². The number of morpholine rings is 1. The summed E-state index contributed by atoms with van der Waals surface area (Å²) in [5.41, 5.74) is 0.236. The van der Waals surface area contributed by atoms with Gasteiger partial charge in [0.2, 0.25) is 0 Å². The van der Waals surface area contributed by atoms with Gasteiger partial charge >= 0.3 is 0 Å². The van der Waals surface area contributed by atoms with Crippen LogP contribution in [0.3, 0.4) is 0 Å². The van der Waals surface area contributed by atoms with Crippen molar-refractivity contribution in [3.8, 4) is 0 Å². The highest BCUT2D eigenvalue weighted by molar-refractivity contribution is 5.94. The summed E-state index contributed by atoms with van der Waals surface area (Å²) in [5, 5.41) is 4.18. The molecule has 8 nitrogen and oxygen atoms in total. The fourth-order valence-electron chi connectivity index (χ4n) is 3.59. The van der Waals surface area contributed by atoms with Crippen LogP contribution in [0.2, 0.25) is 0 Å². The van der Waals surface area contributed by atoms with Crippen molar-refractivity contribution < 1.29 is 18.7 Å². The Hall–Kier alpha value is -2.16. The maximum Gasteiger partial charge on any atom is 0.253 e. The molecule has 2 aliphatic heterocycles. The molecule has 0 N–H and O–H groups in total. The minimum atomic E-state index is -0.554. The lowest BCUT2D eigenvalue weighted by Crippen LogP contribution is -2.60. The lowest BCUT2D eigenvalue weighted by molar-refractivity contribution is -0.146. The van der Waals surface area contributed by atoms with Crippen LogP contribution in [-0.4, -0.2) is 65.6 Å². The van der Waals surface area contributed by atoms with Crippen LogP contribution in [0.25, 0.3) is 0 Å². The van der Waals surface area contributed by atoms with Crippen molar-refractivity contribution in [1.82, 2.24) is 14.7 Å². The number of anilines is 1. The zero-order valence-electron chi connectivity index (χ0n) is 15.2. The van der Waals surface area contributed by atoms with Crippen molar-refractivity contribution >= 4 is 11.6 Å². The molecule has 4 heterocycles. The minimum Gasteiger partial charge on any atom is -0.465 e. The summed E-state index contributed by atoms with van der Waals surface area (Å²) in [5.74, 6) is 1.78. The van der Waals surface area contributed by atoms with Gasteiger partial charge in [0, 0.05) is 26.3 Å². The Morgan fingerprint density at radius 1 is 1.31 bits per heavy atom. The molecule has 2 aliphatic rings. The monoisotopic (exact) mass is 360 g/mol. The molecule has 26 heavy (non-hydrogen) atoms. The fourth-order valence-corrected chi connectivity index (χ4v) is 3.59. The smallest absolute Gasteiger partial charge is 0.253 e. The Labute approximate surface area is 152 Å². The molecule has 4 rings (SSSR count). The van der Waals surface area contributed by atoms with Gasteiger partial charge in [0.1, 0.15) is 23.7 Å². The molecule has 0 aromatic carbocycles. The first-order chi connectivity index (χ1) is 12.5. The van der Waals surface area contributed by atoms with Crippen LogP contribution in [0, 0.1) is 6.92 Å². The van der Waals surface area contributed by atoms with E-state index in [4.69, 9.17) is 13.9 Å². The second-order valence-corrected chi connectivity index (χ2v) is 7.10. The van der Waals surface area contributed by atoms with Gasteiger partial charge in [0.25, 0.3) is 5.91 Å². The van der Waals surface area contributed by atoms with E-state index in [0.717, 1.165) is 23.8 Å². The highest BCUT2D eigenvalue weighted by atomic mass is 16.6. The SMILES string of the molecule is Cc1ccc(CN2CCOC[C@]3(C2)CN(c2cnn(C)c2)C(=O)CO3)o1. The summed E-state index contributed by atoms with van der Waals surface area (Å²) in [4.78, 5) is 16.4. The molecular weight excluding hydrogens is 336 g/mol. The number of hydrogen-bond acceptors (Lipinski definition) is 6. The summed E-state index contributed by atoms with van der Waals surface area (Å²) in [6, 6.07) is 3.97. The number of aromatic nitrogens is 2. The average Bonchev–Trinajstić information content (AvgIpc) is 3.16. The first-order valence-electron chi connectivity index (χ1n) is 8.81. The molecule has 2 aromatic heterocycles. The number of nitrogens with zero attached hydrogens (tertiary/aromatic N) is 4. The van der Waals surface area contributed by atoms with Gasteiger partial charge in [-0.2, -0.15) is 5.10 Å². The van der Waals surface area contributed by atoms with Crippen LogP contribution in [0.5, 0.6) is 0 Å². The molecule has 2 fully saturated rings. The van der Waals surface area contributed by atoms with Crippen molar-refractivity contribution in [2.24, 2.45) is 7.05 Å². The predicted octanol–water partition coefficient (Wildman–Crippen LogP) is 0.956. The lowest BCUT2D eigenvalue weighted by Gasteiger charge is -2.42. The first kappa shape index (κ1) is 17.3. The van der Waals surface area contributed by atoms with Crippen molar-refractivity contribution in [3.63, 3.8) is 0 Å². The van der Waals surface area contributed by atoms with Crippen LogP contribution >= 0.6 is 0 Å². The van der Waals surface area contributed by atoms with Gasteiger partial charge in [-0.05, 0) is 19.1 Å². The van der Waals surface area contributed by atoms with E-state index in [1.807, 2.05) is 32.3 Å². The van der Waals surface area contributed by atoms with Gasteiger partial charge in [0.15, 0.2) is 0 Å². The Morgan fingerprint density at radius 2 is 2.19 bits per heavy atom. The molecule has 140 valence electrons. The summed E-state index contributed by atoms with van der Waals surface area (Å²) >= 11 is 0. The maximum atomic E-state index is 12.4. The first-order valence-corrected chi connectivity index (χ1v) is 8.81. The standard InChI is InChI=1S/C18H24N4O4/c1-14-3-4-16(26-14)9-21-5-6-24-13-18(11-21)12-22(17(23)10-25-18)15-7-19-20(2)8-15/h3-4,7-8H,5-6,9-13H2,1-2H3/t18-/m0/s1. The number of ether oxygens (including phenoxy) is 2. The number of aryl methyl sites for hydroxylation is 2. The molecule has 1 spiro atoms. The van der Waals surface area contributed by atoms with Crippen molar-refractivity contribution in [3.05, 3.63) is 36.0 Å². The Bertz CT molecular complexity index is 786. The molecule has 1 atom stereocenters. The lowest BCUT2D eigenvalue weighted by atomic mass is 10.0. The minimum absolute atomic E-state index is 0.0476. The van der Waals surface area contributed by atoms with Crippen molar-refractivity contribution in [2.45, 2.75) is 19.1 Å². The van der Waals surface area contributed by atoms with Gasteiger partial charge in [-0.25, -0.2) is 0 Å². The molecule has 0 radical (unpaired) electrons. The quantitative estimate of drug-likeness (QED) is 0.812. The third-order valence-corrected chi connectivity index (χ3v) is 4.86. The number of amides is 1. The molecule has 0 unspecified atom stereocenters. The average molecular weight is 360 g/mol. The summed E-state index contributed by atoms with van der Waals surface area (Å²) < 4.78 is 19.3. The van der Waals surface area contributed by atoms with Crippen LogP contribution in [0.15, 0.2) is 28.9 Å². The van der Waals surface area contributed by atoms with Crippen molar-refractivity contribution in [1.29, 1.82) is 0 Å². The molecule has 8 heteroatoms. The van der Waals surface area contributed by atoms with Gasteiger partial charge in [0.05, 0.1) is 38.2 Å². The zero-order valence-corrected chi connectivity index (χ0v) is 15.2. The van der Waals surface area contributed by atoms with Crippen LogP contribution in [0.1, 0.15) is 11.5 Å². The summed E-state index contributed by atoms with van der Waals surface area (Å²) in [6.07, 6.45) is 3.55. The summed E-state index contributed by atoms with van der Waals surface area (Å²) in [7, 11) is 1.84. The molecular formula is C18H24N4O4. The Kier molecular flexibility index (Phi) is 4.56. The topological polar surface area (TPSA) is 73.0 Å². The molecule has 1 amide bonds. The third kappa shape index (κ3) is 3.53. The highest BCUT2D eigenvalue weighted by Crippen LogP contribution is 2.27. The second-order valence-electron chi connectivity index (χ2n) is 7.10. The number of hydrogen-bond donors (Lipinski definition) is 0. The maximum absolute atomic E-state index is 12.4. The van der Waals surface area contributed by atoms with Crippen LogP contribution in [0.4, 0.5) is 5.69 Å². The van der Waals surface area contributed by atoms with Gasteiger partial charge in [-0.3, -0.25) is 14.4 Å². The second kappa shape index (κ2) is 6.86. The number of carbonyl (C=O) groups excluding carboxylic acids is 1. The Balaban J connectivity index is 1.52. The number of furan rings is 1. The van der Waals surface area contributed by atoms with E-state index in [-0.39, 0.29) is 12.5 Å². The van der Waals surface area contributed by atoms with E-state index < -0.39 is 5.60 Å². The van der Waals surface area contributed by atoms with Gasteiger partial charge < -0.3 is 18.8 Å². The highest BCUT2D eigenvalue weighted by Gasteiger charge is 2.43. The number of rotatable bonds is 3. The van der Waals surface area contributed by atoms with E-state index in [1.165, 1.54) is 0 Å². The Morgan fingerprint density at radius 3 is 2.92 bits per heavy atom. The van der Waals surface area contributed by atoms with Crippen LogP contribution < -0.4 is 4.90 Å². The van der Waals surface area contributed by atoms with E-state index >= 15 is 0 Å². The van der Waals surface area contributed by atoms with E-state index in [2.05, 4.69) is 10.00 Å². The van der Waals surface area contributed by atoms with E-state index in [0.29, 0.717) is 32.8 Å². The molecule has 0 saturated carbocycles. The van der Waals surface area contributed by atoms with Gasteiger partial charge in [-0.15, -0.1) is 0 Å². The molecule has 0 aliphatic carbocycles. The van der Waals surface area contributed by atoms with E-state index in [1.54, 1.807) is 15.8 Å². The predicted molar refractivity (Wildman–Crippen MR) is 93.8 cm³/mol. The molecule has 0 bridgehead atoms. The summed E-state index contributed by atoms with van der Waals surface area (Å²) in [6.45, 7) is 5.71. The van der Waals surface area contributed by atoms with Crippen molar-refractivity contribution in [2.75, 3.05) is 44.4 Å². The van der Waals surface area contributed by atoms with E-state index in [9.17, 15) is 4.79 Å². The largest absolute Gasteiger partial charge is 0.465 e.